The van der Waals surface area contributed by atoms with Gasteiger partial charge in [-0.15, -0.1) is 0 Å². The summed E-state index contributed by atoms with van der Waals surface area (Å²) in [6, 6.07) is 21.2. The van der Waals surface area contributed by atoms with Gasteiger partial charge in [0.25, 0.3) is 8.32 Å². The van der Waals surface area contributed by atoms with Crippen molar-refractivity contribution in [2.45, 2.75) is 25.8 Å². The maximum absolute atomic E-state index is 6.72. The fourth-order valence-corrected chi connectivity index (χ4v) is 7.87. The van der Waals surface area contributed by atoms with E-state index < -0.39 is 8.32 Å². The van der Waals surface area contributed by atoms with Crippen LogP contribution >= 0.6 is 23.2 Å². The zero-order valence-corrected chi connectivity index (χ0v) is 18.5. The highest BCUT2D eigenvalue weighted by Gasteiger charge is 2.49. The molecule has 0 aliphatic carbocycles. The van der Waals surface area contributed by atoms with Crippen molar-refractivity contribution >= 4 is 41.9 Å². The maximum atomic E-state index is 6.72. The molecule has 0 spiro atoms. The van der Waals surface area contributed by atoms with E-state index in [1.807, 2.05) is 24.3 Å². The second kappa shape index (κ2) is 10.1. The van der Waals surface area contributed by atoms with Crippen molar-refractivity contribution in [1.82, 2.24) is 0 Å². The summed E-state index contributed by atoms with van der Waals surface area (Å²) in [5, 5.41) is 2.50. The Morgan fingerprint density at radius 2 is 1.33 bits per heavy atom. The van der Waals surface area contributed by atoms with E-state index in [2.05, 4.69) is 69.3 Å². The molecule has 2 aromatic rings. The van der Waals surface area contributed by atoms with E-state index in [0.717, 1.165) is 0 Å². The van der Waals surface area contributed by atoms with Crippen LogP contribution in [0.15, 0.2) is 83.6 Å². The van der Waals surface area contributed by atoms with Crippen molar-refractivity contribution in [2.75, 3.05) is 13.2 Å². The fourth-order valence-electron chi connectivity index (χ4n) is 3.24. The van der Waals surface area contributed by atoms with Gasteiger partial charge >= 0.3 is 0 Å². The second-order valence-electron chi connectivity index (χ2n) is 7.19. The highest BCUT2D eigenvalue weighted by molar-refractivity contribution is 6.99. The zero-order valence-electron chi connectivity index (χ0n) is 16.0. The molecule has 0 fully saturated rings. The lowest BCUT2D eigenvalue weighted by Crippen LogP contribution is -2.66. The van der Waals surface area contributed by atoms with Crippen LogP contribution in [0.4, 0.5) is 0 Å². The molecule has 0 unspecified atom stereocenters. The maximum Gasteiger partial charge on any atom is 0.261 e. The summed E-state index contributed by atoms with van der Waals surface area (Å²) in [5.74, 6) is 0. The van der Waals surface area contributed by atoms with Crippen LogP contribution in [0.2, 0.25) is 5.04 Å². The van der Waals surface area contributed by atoms with Gasteiger partial charge in [0.05, 0.1) is 6.61 Å². The fraction of sp³-hybridized carbons (Fsp3) is 0.273. The van der Waals surface area contributed by atoms with Crippen molar-refractivity contribution < 1.29 is 9.16 Å². The van der Waals surface area contributed by atoms with Crippen LogP contribution < -0.4 is 10.4 Å². The highest BCUT2D eigenvalue weighted by Crippen LogP contribution is 2.36. The molecule has 0 saturated carbocycles. The SMILES string of the molecule is CC(C)(C)[Si](OC/C=C/COC=C(Cl)Cl)(c1ccccc1)c1ccccc1. The number of rotatable bonds is 8. The Kier molecular flexibility index (Phi) is 8.18. The molecule has 0 saturated heterocycles. The van der Waals surface area contributed by atoms with Gasteiger partial charge in [-0.1, -0.05) is 111 Å². The average molecular weight is 421 g/mol. The molecule has 0 aromatic heterocycles. The monoisotopic (exact) mass is 420 g/mol. The van der Waals surface area contributed by atoms with E-state index in [0.29, 0.717) is 13.2 Å². The Bertz CT molecular complexity index is 709. The van der Waals surface area contributed by atoms with Crippen LogP contribution in [-0.2, 0) is 9.16 Å². The zero-order chi connectivity index (χ0) is 19.8. The predicted molar refractivity (Wildman–Crippen MR) is 118 cm³/mol. The van der Waals surface area contributed by atoms with E-state index in [1.54, 1.807) is 0 Å². The van der Waals surface area contributed by atoms with Crippen LogP contribution in [0.1, 0.15) is 20.8 Å². The molecule has 2 aromatic carbocycles. The third kappa shape index (κ3) is 5.72. The van der Waals surface area contributed by atoms with Gasteiger partial charge in [0, 0.05) is 0 Å². The molecule has 0 atom stereocenters. The highest BCUT2D eigenvalue weighted by atomic mass is 35.5. The van der Waals surface area contributed by atoms with Crippen LogP contribution in [0.5, 0.6) is 0 Å². The van der Waals surface area contributed by atoms with Gasteiger partial charge in [0.15, 0.2) is 0 Å². The minimum absolute atomic E-state index is 0.0328. The van der Waals surface area contributed by atoms with Gasteiger partial charge in [0.1, 0.15) is 17.4 Å². The normalized spacial score (nSPS) is 12.2. The Balaban J connectivity index is 2.30. The molecule has 5 heteroatoms. The second-order valence-corrected chi connectivity index (χ2v) is 12.5. The first-order valence-electron chi connectivity index (χ1n) is 8.91. The van der Waals surface area contributed by atoms with Gasteiger partial charge in [0.2, 0.25) is 0 Å². The number of benzene rings is 2. The summed E-state index contributed by atoms with van der Waals surface area (Å²) >= 11 is 11.0. The molecule has 0 amide bonds. The molecule has 0 heterocycles. The Hall–Kier alpha value is -1.52. The van der Waals surface area contributed by atoms with Crippen molar-refractivity contribution in [2.24, 2.45) is 0 Å². The van der Waals surface area contributed by atoms with Crippen LogP contribution in [0.25, 0.3) is 0 Å². The van der Waals surface area contributed by atoms with Gasteiger partial charge in [-0.3, -0.25) is 0 Å². The number of hydrogen-bond acceptors (Lipinski definition) is 2. The summed E-state index contributed by atoms with van der Waals surface area (Å²) in [5.41, 5.74) is 0. The minimum atomic E-state index is -2.48. The van der Waals surface area contributed by atoms with E-state index in [1.165, 1.54) is 16.6 Å². The molecule has 0 aliphatic heterocycles. The summed E-state index contributed by atoms with van der Waals surface area (Å²) in [6.45, 7) is 7.69. The number of hydrogen-bond donors (Lipinski definition) is 0. The van der Waals surface area contributed by atoms with Crippen molar-refractivity contribution in [3.63, 3.8) is 0 Å². The van der Waals surface area contributed by atoms with Gasteiger partial charge < -0.3 is 9.16 Å². The Morgan fingerprint density at radius 3 is 1.78 bits per heavy atom. The predicted octanol–water partition coefficient (Wildman–Crippen LogP) is 5.41. The molecule has 27 heavy (non-hydrogen) atoms. The smallest absolute Gasteiger partial charge is 0.261 e. The first-order valence-corrected chi connectivity index (χ1v) is 11.6. The summed E-state index contributed by atoms with van der Waals surface area (Å²) in [7, 11) is -2.48. The average Bonchev–Trinajstić information content (AvgIpc) is 2.64. The quantitative estimate of drug-likeness (QED) is 0.246. The summed E-state index contributed by atoms with van der Waals surface area (Å²) in [6.07, 6.45) is 5.21. The van der Waals surface area contributed by atoms with E-state index in [9.17, 15) is 0 Å². The van der Waals surface area contributed by atoms with E-state index in [-0.39, 0.29) is 9.53 Å². The molecular formula is C22H26Cl2O2Si. The number of ether oxygens (including phenoxy) is 1. The third-order valence-electron chi connectivity index (χ3n) is 4.34. The van der Waals surface area contributed by atoms with Crippen molar-refractivity contribution in [3.8, 4) is 0 Å². The molecule has 0 radical (unpaired) electrons. The summed E-state index contributed by atoms with van der Waals surface area (Å²) in [4.78, 5) is 0. The Morgan fingerprint density at radius 1 is 0.852 bits per heavy atom. The van der Waals surface area contributed by atoms with Gasteiger partial charge in [-0.2, -0.15) is 0 Å². The molecule has 0 N–H and O–H groups in total. The van der Waals surface area contributed by atoms with Gasteiger partial charge in [-0.25, -0.2) is 0 Å². The molecule has 0 bridgehead atoms. The lowest BCUT2D eigenvalue weighted by molar-refractivity contribution is 0.287. The third-order valence-corrected chi connectivity index (χ3v) is 9.53. The molecule has 2 nitrogen and oxygen atoms in total. The van der Waals surface area contributed by atoms with Gasteiger partial charge in [-0.05, 0) is 21.5 Å². The molecule has 0 aliphatic rings. The summed E-state index contributed by atoms with van der Waals surface area (Å²) < 4.78 is 12.0. The lowest BCUT2D eigenvalue weighted by atomic mass is 10.2. The number of halogens is 2. The van der Waals surface area contributed by atoms with Crippen LogP contribution in [0.3, 0.4) is 0 Å². The van der Waals surface area contributed by atoms with Crippen LogP contribution in [0, 0.1) is 0 Å². The first kappa shape index (κ1) is 21.8. The van der Waals surface area contributed by atoms with Crippen molar-refractivity contribution in [3.05, 3.63) is 83.6 Å². The van der Waals surface area contributed by atoms with E-state index >= 15 is 0 Å². The van der Waals surface area contributed by atoms with Crippen LogP contribution in [-0.4, -0.2) is 21.5 Å². The topological polar surface area (TPSA) is 18.5 Å². The first-order chi connectivity index (χ1) is 12.9. The molecule has 2 rings (SSSR count). The van der Waals surface area contributed by atoms with Crippen molar-refractivity contribution in [1.29, 1.82) is 0 Å². The lowest BCUT2D eigenvalue weighted by Gasteiger charge is -2.42. The molecular weight excluding hydrogens is 395 g/mol. The minimum Gasteiger partial charge on any atom is -0.495 e. The van der Waals surface area contributed by atoms with E-state index in [4.69, 9.17) is 32.4 Å². The molecule has 144 valence electrons. The Labute approximate surface area is 173 Å². The largest absolute Gasteiger partial charge is 0.495 e. The standard InChI is InChI=1S/C22H26Cl2O2Si/c1-22(2,3)27(19-12-6-4-7-13-19,20-14-8-5-9-15-20)26-17-11-10-16-25-18-21(23)24/h4-15,18H,16-17H2,1-3H3/b11-10+.